The van der Waals surface area contributed by atoms with Gasteiger partial charge in [-0.25, -0.2) is 8.42 Å². The molecule has 0 spiro atoms. The lowest BCUT2D eigenvalue weighted by molar-refractivity contribution is 0.142. The number of hydrogen-bond donors (Lipinski definition) is 0. The molecule has 1 heterocycles. The van der Waals surface area contributed by atoms with Crippen LogP contribution in [-0.2, 0) is 21.3 Å². The van der Waals surface area contributed by atoms with E-state index in [0.29, 0.717) is 25.6 Å². The number of halogens is 1. The summed E-state index contributed by atoms with van der Waals surface area (Å²) in [7, 11) is -1.99. The lowest BCUT2D eigenvalue weighted by Crippen LogP contribution is -2.40. The molecule has 0 amide bonds. The Morgan fingerprint density at radius 1 is 1.58 bits per heavy atom. The van der Waals surface area contributed by atoms with E-state index in [0.717, 1.165) is 0 Å². The molecule has 110 valence electrons. The van der Waals surface area contributed by atoms with Crippen LogP contribution in [0.15, 0.2) is 17.3 Å². The second-order valence-corrected chi connectivity index (χ2v) is 6.41. The summed E-state index contributed by atoms with van der Waals surface area (Å²) in [4.78, 5) is 0.183. The number of ether oxygens (including phenoxy) is 1. The zero-order valence-electron chi connectivity index (χ0n) is 11.4. The van der Waals surface area contributed by atoms with E-state index in [9.17, 15) is 8.42 Å². The Hall–Kier alpha value is -0.630. The van der Waals surface area contributed by atoms with E-state index in [1.807, 2.05) is 6.92 Å². The van der Waals surface area contributed by atoms with Crippen molar-refractivity contribution in [2.45, 2.75) is 31.3 Å². The molecular weight excluding hydrogens is 290 g/mol. The minimum absolute atomic E-state index is 0.183. The van der Waals surface area contributed by atoms with Gasteiger partial charge in [0.15, 0.2) is 0 Å². The number of sulfonamides is 1. The summed E-state index contributed by atoms with van der Waals surface area (Å²) < 4.78 is 32.9. The third kappa shape index (κ3) is 3.92. The SMILES string of the molecule is CCN(C(C)COC)S(=O)(=O)c1cnn(CCCl)c1. The molecule has 0 aliphatic heterocycles. The van der Waals surface area contributed by atoms with Crippen LogP contribution in [0, 0.1) is 0 Å². The summed E-state index contributed by atoms with van der Waals surface area (Å²) in [6, 6.07) is -0.226. The molecule has 0 bridgehead atoms. The number of aromatic nitrogens is 2. The standard InChI is InChI=1S/C11H20ClN3O3S/c1-4-15(10(2)9-18-3)19(16,17)11-7-13-14(8-11)6-5-12/h7-8,10H,4-6,9H2,1-3H3. The number of hydrogen-bond acceptors (Lipinski definition) is 4. The molecule has 1 rings (SSSR count). The summed E-state index contributed by atoms with van der Waals surface area (Å²) in [5.41, 5.74) is 0. The Kier molecular flexibility index (Phi) is 6.25. The van der Waals surface area contributed by atoms with E-state index < -0.39 is 10.0 Å². The van der Waals surface area contributed by atoms with E-state index >= 15 is 0 Å². The van der Waals surface area contributed by atoms with E-state index in [-0.39, 0.29) is 10.9 Å². The highest BCUT2D eigenvalue weighted by Crippen LogP contribution is 2.17. The highest BCUT2D eigenvalue weighted by molar-refractivity contribution is 7.89. The van der Waals surface area contributed by atoms with Gasteiger partial charge in [-0.2, -0.15) is 9.40 Å². The molecule has 1 aromatic rings. The zero-order valence-corrected chi connectivity index (χ0v) is 13.0. The topological polar surface area (TPSA) is 64.4 Å². The smallest absolute Gasteiger partial charge is 0.246 e. The molecule has 19 heavy (non-hydrogen) atoms. The van der Waals surface area contributed by atoms with Gasteiger partial charge in [0.05, 0.1) is 19.3 Å². The summed E-state index contributed by atoms with van der Waals surface area (Å²) >= 11 is 5.60. The molecule has 0 aliphatic carbocycles. The van der Waals surface area contributed by atoms with E-state index in [4.69, 9.17) is 16.3 Å². The van der Waals surface area contributed by atoms with Crippen molar-refractivity contribution in [3.63, 3.8) is 0 Å². The van der Waals surface area contributed by atoms with Gasteiger partial charge < -0.3 is 4.74 Å². The van der Waals surface area contributed by atoms with Gasteiger partial charge in [0.25, 0.3) is 0 Å². The Labute approximate surface area is 119 Å². The lowest BCUT2D eigenvalue weighted by Gasteiger charge is -2.25. The van der Waals surface area contributed by atoms with Crippen LogP contribution in [0.1, 0.15) is 13.8 Å². The second kappa shape index (κ2) is 7.23. The molecule has 0 aliphatic rings. The lowest BCUT2D eigenvalue weighted by atomic mass is 10.4. The monoisotopic (exact) mass is 309 g/mol. The van der Waals surface area contributed by atoms with Crippen molar-refractivity contribution < 1.29 is 13.2 Å². The number of likely N-dealkylation sites (N-methyl/N-ethyl adjacent to an activating group) is 1. The molecular formula is C11H20ClN3O3S. The first-order valence-corrected chi connectivity index (χ1v) is 8.04. The predicted octanol–water partition coefficient (Wildman–Crippen LogP) is 1.17. The molecule has 0 N–H and O–H groups in total. The van der Waals surface area contributed by atoms with E-state index in [2.05, 4.69) is 5.10 Å². The molecule has 0 saturated carbocycles. The average molecular weight is 310 g/mol. The van der Waals surface area contributed by atoms with Crippen molar-refractivity contribution in [2.75, 3.05) is 26.1 Å². The molecule has 1 atom stereocenters. The van der Waals surface area contributed by atoms with Crippen LogP contribution >= 0.6 is 11.6 Å². The fraction of sp³-hybridized carbons (Fsp3) is 0.727. The van der Waals surface area contributed by atoms with Crippen LogP contribution in [-0.4, -0.2) is 54.7 Å². The van der Waals surface area contributed by atoms with Gasteiger partial charge in [-0.1, -0.05) is 6.92 Å². The number of rotatable bonds is 8. The number of nitrogens with zero attached hydrogens (tertiary/aromatic N) is 3. The van der Waals surface area contributed by atoms with Gasteiger partial charge in [-0.3, -0.25) is 4.68 Å². The van der Waals surface area contributed by atoms with Crippen molar-refractivity contribution in [1.82, 2.24) is 14.1 Å². The largest absolute Gasteiger partial charge is 0.383 e. The Balaban J connectivity index is 2.99. The van der Waals surface area contributed by atoms with Gasteiger partial charge in [0, 0.05) is 31.8 Å². The molecule has 0 saturated heterocycles. The number of aryl methyl sites for hydroxylation is 1. The van der Waals surface area contributed by atoms with Gasteiger partial charge in [-0.15, -0.1) is 11.6 Å². The number of alkyl halides is 1. The van der Waals surface area contributed by atoms with Crippen LogP contribution in [0.25, 0.3) is 0 Å². The third-order valence-corrected chi connectivity index (χ3v) is 4.95. The third-order valence-electron chi connectivity index (χ3n) is 2.74. The fourth-order valence-electron chi connectivity index (χ4n) is 1.86. The molecule has 0 radical (unpaired) electrons. The first-order chi connectivity index (χ1) is 8.97. The van der Waals surface area contributed by atoms with Crippen LogP contribution in [0.2, 0.25) is 0 Å². The van der Waals surface area contributed by atoms with Crippen LogP contribution < -0.4 is 0 Å². The molecule has 0 fully saturated rings. The Morgan fingerprint density at radius 2 is 2.26 bits per heavy atom. The highest BCUT2D eigenvalue weighted by atomic mass is 35.5. The summed E-state index contributed by atoms with van der Waals surface area (Å²) in [6.07, 6.45) is 2.85. The molecule has 8 heteroatoms. The summed E-state index contributed by atoms with van der Waals surface area (Å²) in [5, 5.41) is 3.99. The maximum absolute atomic E-state index is 12.5. The molecule has 6 nitrogen and oxygen atoms in total. The summed E-state index contributed by atoms with van der Waals surface area (Å²) in [5.74, 6) is 0.388. The molecule has 1 aromatic heterocycles. The van der Waals surface area contributed by atoms with E-state index in [1.54, 1.807) is 14.0 Å². The van der Waals surface area contributed by atoms with Gasteiger partial charge in [-0.05, 0) is 6.92 Å². The summed E-state index contributed by atoms with van der Waals surface area (Å²) in [6.45, 7) is 4.83. The number of methoxy groups -OCH3 is 1. The highest BCUT2D eigenvalue weighted by Gasteiger charge is 2.28. The first kappa shape index (κ1) is 16.4. The van der Waals surface area contributed by atoms with Crippen molar-refractivity contribution in [2.24, 2.45) is 0 Å². The Bertz CT molecular complexity index is 489. The zero-order chi connectivity index (χ0) is 14.5. The van der Waals surface area contributed by atoms with Crippen LogP contribution in [0.5, 0.6) is 0 Å². The molecule has 1 unspecified atom stereocenters. The van der Waals surface area contributed by atoms with Crippen LogP contribution in [0.4, 0.5) is 0 Å². The maximum Gasteiger partial charge on any atom is 0.246 e. The van der Waals surface area contributed by atoms with Crippen molar-refractivity contribution in [3.05, 3.63) is 12.4 Å². The second-order valence-electron chi connectivity index (χ2n) is 4.14. The fourth-order valence-corrected chi connectivity index (χ4v) is 3.62. The normalized spacial score (nSPS) is 13.9. The van der Waals surface area contributed by atoms with E-state index in [1.165, 1.54) is 21.4 Å². The quantitative estimate of drug-likeness (QED) is 0.676. The van der Waals surface area contributed by atoms with Gasteiger partial charge >= 0.3 is 0 Å². The van der Waals surface area contributed by atoms with Crippen molar-refractivity contribution in [3.8, 4) is 0 Å². The Morgan fingerprint density at radius 3 is 2.79 bits per heavy atom. The maximum atomic E-state index is 12.5. The van der Waals surface area contributed by atoms with Gasteiger partial charge in [0.2, 0.25) is 10.0 Å². The van der Waals surface area contributed by atoms with Crippen molar-refractivity contribution in [1.29, 1.82) is 0 Å². The minimum Gasteiger partial charge on any atom is -0.383 e. The molecule has 0 aromatic carbocycles. The average Bonchev–Trinajstić information content (AvgIpc) is 2.79. The van der Waals surface area contributed by atoms with Gasteiger partial charge in [0.1, 0.15) is 4.90 Å². The minimum atomic E-state index is -3.54. The first-order valence-electron chi connectivity index (χ1n) is 6.06. The van der Waals surface area contributed by atoms with Crippen molar-refractivity contribution >= 4 is 21.6 Å². The van der Waals surface area contributed by atoms with Crippen LogP contribution in [0.3, 0.4) is 0 Å². The predicted molar refractivity (Wildman–Crippen MR) is 73.9 cm³/mol.